The fourth-order valence-electron chi connectivity index (χ4n) is 4.48. The van der Waals surface area contributed by atoms with Crippen molar-refractivity contribution in [2.75, 3.05) is 18.1 Å². The second-order valence-corrected chi connectivity index (χ2v) is 7.93. The molecule has 4 aromatic rings. The molecule has 0 amide bonds. The summed E-state index contributed by atoms with van der Waals surface area (Å²) in [5.74, 6) is 0. The SMILES string of the molecule is N#Cc1ccc(N2CCCCCN2Cc2ccnn2-c2ccccc2)c2ccccc12. The quantitative estimate of drug-likeness (QED) is 0.460. The van der Waals surface area contributed by atoms with Crippen molar-refractivity contribution in [3.8, 4) is 11.8 Å². The lowest BCUT2D eigenvalue weighted by Gasteiger charge is -2.36. The number of nitrogens with zero attached hydrogens (tertiary/aromatic N) is 5. The highest BCUT2D eigenvalue weighted by molar-refractivity contribution is 5.97. The average molecular weight is 408 g/mol. The van der Waals surface area contributed by atoms with E-state index in [1.54, 1.807) is 0 Å². The van der Waals surface area contributed by atoms with Crippen LogP contribution in [0.25, 0.3) is 16.5 Å². The van der Waals surface area contributed by atoms with Gasteiger partial charge in [-0.3, -0.25) is 0 Å². The van der Waals surface area contributed by atoms with Gasteiger partial charge < -0.3 is 5.01 Å². The lowest BCUT2D eigenvalue weighted by Crippen LogP contribution is -2.42. The average Bonchev–Trinajstić information content (AvgIpc) is 3.17. The molecule has 0 spiro atoms. The normalized spacial score (nSPS) is 15.0. The van der Waals surface area contributed by atoms with E-state index in [1.807, 2.05) is 47.3 Å². The lowest BCUT2D eigenvalue weighted by molar-refractivity contribution is 0.248. The van der Waals surface area contributed by atoms with Gasteiger partial charge in [0.25, 0.3) is 0 Å². The molecule has 1 aromatic heterocycles. The zero-order chi connectivity index (χ0) is 21.0. The Hall–Kier alpha value is -3.62. The Kier molecular flexibility index (Phi) is 5.39. The first-order chi connectivity index (χ1) is 15.3. The number of benzene rings is 3. The predicted octanol–water partition coefficient (Wildman–Crippen LogP) is 5.30. The first-order valence-corrected chi connectivity index (χ1v) is 10.9. The number of aromatic nitrogens is 2. The van der Waals surface area contributed by atoms with Crippen LogP contribution in [0.3, 0.4) is 0 Å². The van der Waals surface area contributed by atoms with Crippen LogP contribution >= 0.6 is 0 Å². The second-order valence-electron chi connectivity index (χ2n) is 7.93. The van der Waals surface area contributed by atoms with Gasteiger partial charge in [-0.2, -0.15) is 10.4 Å². The molecule has 0 aliphatic carbocycles. The molecule has 3 aromatic carbocycles. The van der Waals surface area contributed by atoms with Gasteiger partial charge in [0, 0.05) is 30.1 Å². The first-order valence-electron chi connectivity index (χ1n) is 10.9. The molecule has 0 bridgehead atoms. The van der Waals surface area contributed by atoms with E-state index < -0.39 is 0 Å². The maximum Gasteiger partial charge on any atom is 0.0998 e. The van der Waals surface area contributed by atoms with Crippen molar-refractivity contribution >= 4 is 16.5 Å². The fraction of sp³-hybridized carbons (Fsp3) is 0.231. The topological polar surface area (TPSA) is 48.1 Å². The number of anilines is 1. The van der Waals surface area contributed by atoms with Gasteiger partial charge in [0.2, 0.25) is 0 Å². The van der Waals surface area contributed by atoms with Crippen LogP contribution in [-0.4, -0.2) is 27.9 Å². The van der Waals surface area contributed by atoms with Gasteiger partial charge in [-0.25, -0.2) is 9.69 Å². The van der Waals surface area contributed by atoms with Crippen LogP contribution in [0.15, 0.2) is 79.0 Å². The Labute approximate surface area is 182 Å². The van der Waals surface area contributed by atoms with Gasteiger partial charge in [-0.1, -0.05) is 48.9 Å². The molecule has 2 heterocycles. The van der Waals surface area contributed by atoms with Crippen molar-refractivity contribution in [1.82, 2.24) is 14.8 Å². The molecule has 154 valence electrons. The summed E-state index contributed by atoms with van der Waals surface area (Å²) in [6.07, 6.45) is 5.42. The van der Waals surface area contributed by atoms with E-state index in [9.17, 15) is 5.26 Å². The summed E-state index contributed by atoms with van der Waals surface area (Å²) in [5, 5.41) is 21.1. The number of hydrazine groups is 1. The molecule has 5 heteroatoms. The van der Waals surface area contributed by atoms with Crippen molar-refractivity contribution in [1.29, 1.82) is 5.26 Å². The van der Waals surface area contributed by atoms with E-state index in [2.05, 4.69) is 57.6 Å². The van der Waals surface area contributed by atoms with Crippen LogP contribution in [0.2, 0.25) is 0 Å². The zero-order valence-corrected chi connectivity index (χ0v) is 17.5. The molecule has 0 saturated carbocycles. The first kappa shape index (κ1) is 19.3. The third kappa shape index (κ3) is 3.78. The number of rotatable bonds is 4. The van der Waals surface area contributed by atoms with Crippen molar-refractivity contribution in [3.63, 3.8) is 0 Å². The molecule has 1 fully saturated rings. The van der Waals surface area contributed by atoms with Gasteiger partial charge in [0.1, 0.15) is 0 Å². The van der Waals surface area contributed by atoms with E-state index in [4.69, 9.17) is 0 Å². The number of hydrogen-bond acceptors (Lipinski definition) is 4. The number of para-hydroxylation sites is 1. The minimum atomic E-state index is 0.725. The lowest BCUT2D eigenvalue weighted by atomic mass is 10.0. The molecule has 1 saturated heterocycles. The van der Waals surface area contributed by atoms with Crippen molar-refractivity contribution in [2.24, 2.45) is 0 Å². The highest BCUT2D eigenvalue weighted by Gasteiger charge is 2.23. The van der Waals surface area contributed by atoms with Crippen LogP contribution in [0.1, 0.15) is 30.5 Å². The maximum absolute atomic E-state index is 9.56. The molecular formula is C26H25N5. The van der Waals surface area contributed by atoms with E-state index in [1.165, 1.54) is 18.5 Å². The number of nitriles is 1. The van der Waals surface area contributed by atoms with Gasteiger partial charge >= 0.3 is 0 Å². The predicted molar refractivity (Wildman–Crippen MR) is 124 cm³/mol. The molecule has 5 nitrogen and oxygen atoms in total. The Morgan fingerprint density at radius 1 is 0.806 bits per heavy atom. The van der Waals surface area contributed by atoms with E-state index in [0.717, 1.165) is 53.8 Å². The van der Waals surface area contributed by atoms with Crippen LogP contribution in [-0.2, 0) is 6.54 Å². The Morgan fingerprint density at radius 3 is 2.42 bits per heavy atom. The third-order valence-electron chi connectivity index (χ3n) is 5.99. The van der Waals surface area contributed by atoms with Crippen molar-refractivity contribution in [2.45, 2.75) is 25.8 Å². The highest BCUT2D eigenvalue weighted by Crippen LogP contribution is 2.32. The van der Waals surface area contributed by atoms with E-state index in [-0.39, 0.29) is 0 Å². The van der Waals surface area contributed by atoms with Gasteiger partial charge in [0.15, 0.2) is 0 Å². The molecular weight excluding hydrogens is 382 g/mol. The van der Waals surface area contributed by atoms with Gasteiger partial charge in [-0.15, -0.1) is 0 Å². The molecule has 5 rings (SSSR count). The van der Waals surface area contributed by atoms with Crippen LogP contribution < -0.4 is 5.01 Å². The molecule has 0 unspecified atom stereocenters. The molecule has 1 aliphatic rings. The minimum absolute atomic E-state index is 0.725. The summed E-state index contributed by atoms with van der Waals surface area (Å²) in [6.45, 7) is 2.74. The molecule has 0 N–H and O–H groups in total. The van der Waals surface area contributed by atoms with Crippen LogP contribution in [0, 0.1) is 11.3 Å². The summed E-state index contributed by atoms with van der Waals surface area (Å²) >= 11 is 0. The largest absolute Gasteiger partial charge is 0.305 e. The van der Waals surface area contributed by atoms with Crippen LogP contribution in [0.4, 0.5) is 5.69 Å². The maximum atomic E-state index is 9.56. The monoisotopic (exact) mass is 407 g/mol. The summed E-state index contributed by atoms with van der Waals surface area (Å²) in [4.78, 5) is 0. The molecule has 1 aliphatic heterocycles. The third-order valence-corrected chi connectivity index (χ3v) is 5.99. The summed E-state index contributed by atoms with van der Waals surface area (Å²) < 4.78 is 2.03. The van der Waals surface area contributed by atoms with E-state index >= 15 is 0 Å². The van der Waals surface area contributed by atoms with Crippen LogP contribution in [0.5, 0.6) is 0 Å². The smallest absolute Gasteiger partial charge is 0.0998 e. The number of fused-ring (bicyclic) bond motifs is 1. The fourth-order valence-corrected chi connectivity index (χ4v) is 4.48. The molecule has 31 heavy (non-hydrogen) atoms. The Morgan fingerprint density at radius 2 is 1.58 bits per heavy atom. The Balaban J connectivity index is 1.53. The standard InChI is InChI=1S/C26H25N5/c27-19-21-13-14-26(25-12-6-5-11-24(21)25)30-18-8-2-7-17-29(30)20-23-15-16-28-31(23)22-9-3-1-4-10-22/h1,3-6,9-16H,2,7-8,17-18,20H2. The zero-order valence-electron chi connectivity index (χ0n) is 17.5. The summed E-state index contributed by atoms with van der Waals surface area (Å²) in [5.41, 5.74) is 4.13. The second kappa shape index (κ2) is 8.63. The Bertz CT molecular complexity index is 1220. The highest BCUT2D eigenvalue weighted by atomic mass is 15.6. The number of hydrogen-bond donors (Lipinski definition) is 0. The van der Waals surface area contributed by atoms with Gasteiger partial charge in [-0.05, 0) is 43.2 Å². The van der Waals surface area contributed by atoms with Crippen molar-refractivity contribution < 1.29 is 0 Å². The molecule has 0 radical (unpaired) electrons. The summed E-state index contributed by atoms with van der Waals surface area (Å²) in [6, 6.07) is 27.0. The van der Waals surface area contributed by atoms with Gasteiger partial charge in [0.05, 0.1) is 35.2 Å². The van der Waals surface area contributed by atoms with E-state index in [0.29, 0.717) is 0 Å². The van der Waals surface area contributed by atoms with Crippen molar-refractivity contribution in [3.05, 3.63) is 90.3 Å². The minimum Gasteiger partial charge on any atom is -0.305 e. The molecule has 0 atom stereocenters. The summed E-state index contributed by atoms with van der Waals surface area (Å²) in [7, 11) is 0.